The Morgan fingerprint density at radius 2 is 1.53 bits per heavy atom. The normalized spacial score (nSPS) is 46.6. The maximum absolute atomic E-state index is 10.6. The zero-order valence-corrected chi connectivity index (χ0v) is 11.8. The smallest absolute Gasteiger partial charge is 0.163 e. The zero-order chi connectivity index (χ0) is 13.8. The van der Waals surface area contributed by atoms with Crippen LogP contribution in [-0.2, 0) is 18.9 Å². The first-order valence-corrected chi connectivity index (χ1v) is 6.82. The van der Waals surface area contributed by atoms with Gasteiger partial charge in [0, 0.05) is 5.92 Å². The van der Waals surface area contributed by atoms with Crippen LogP contribution < -0.4 is 0 Å². The second-order valence-electron chi connectivity index (χ2n) is 6.51. The lowest BCUT2D eigenvalue weighted by Gasteiger charge is -2.36. The monoisotopic (exact) mass is 271 g/mol. The van der Waals surface area contributed by atoms with E-state index in [4.69, 9.17) is 18.9 Å². The van der Waals surface area contributed by atoms with Crippen molar-refractivity contribution in [3.63, 3.8) is 0 Å². The van der Waals surface area contributed by atoms with Crippen molar-refractivity contribution >= 4 is 0 Å². The van der Waals surface area contributed by atoms with Crippen LogP contribution >= 0.6 is 0 Å². The quantitative estimate of drug-likeness (QED) is 0.717. The summed E-state index contributed by atoms with van der Waals surface area (Å²) in [5.74, 6) is -1.23. The molecule has 0 amide bonds. The van der Waals surface area contributed by atoms with E-state index in [9.17, 15) is 4.91 Å². The molecule has 1 aliphatic carbocycles. The minimum absolute atomic E-state index is 0.0306. The molecule has 3 fully saturated rings. The Labute approximate surface area is 112 Å². The maximum atomic E-state index is 10.6. The van der Waals surface area contributed by atoms with E-state index in [-0.39, 0.29) is 36.9 Å². The van der Waals surface area contributed by atoms with Crippen molar-refractivity contribution in [2.75, 3.05) is 6.54 Å². The highest BCUT2D eigenvalue weighted by atomic mass is 16.8. The second-order valence-corrected chi connectivity index (χ2v) is 6.51. The maximum Gasteiger partial charge on any atom is 0.163 e. The molecule has 2 saturated heterocycles. The summed E-state index contributed by atoms with van der Waals surface area (Å²) >= 11 is 0. The molecule has 0 aromatic carbocycles. The van der Waals surface area contributed by atoms with Gasteiger partial charge in [-0.3, -0.25) is 0 Å². The largest absolute Gasteiger partial charge is 0.344 e. The third kappa shape index (κ3) is 2.31. The topological polar surface area (TPSA) is 66.4 Å². The van der Waals surface area contributed by atoms with Crippen molar-refractivity contribution in [1.29, 1.82) is 0 Å². The summed E-state index contributed by atoms with van der Waals surface area (Å²) in [4.78, 5) is 10.6. The minimum Gasteiger partial charge on any atom is -0.344 e. The van der Waals surface area contributed by atoms with Gasteiger partial charge in [-0.05, 0) is 34.1 Å². The van der Waals surface area contributed by atoms with Crippen LogP contribution in [0.2, 0.25) is 0 Å². The van der Waals surface area contributed by atoms with Crippen LogP contribution in [0.5, 0.6) is 0 Å². The molecule has 108 valence electrons. The zero-order valence-electron chi connectivity index (χ0n) is 11.8. The number of hydrogen-bond donors (Lipinski definition) is 0. The van der Waals surface area contributed by atoms with Gasteiger partial charge in [-0.15, -0.1) is 0 Å². The average molecular weight is 271 g/mol. The SMILES string of the molecule is CC1(C)O[C@@H]2[C@H](O1)[C@H](CN=O)C[C@H]1OC(C)(C)O[C@@H]21. The van der Waals surface area contributed by atoms with Crippen LogP contribution in [0.3, 0.4) is 0 Å². The van der Waals surface area contributed by atoms with E-state index >= 15 is 0 Å². The Bertz CT molecular complexity index is 383. The molecule has 0 N–H and O–H groups in total. The Kier molecular flexibility index (Phi) is 2.98. The van der Waals surface area contributed by atoms with Crippen molar-refractivity contribution in [2.24, 2.45) is 11.1 Å². The van der Waals surface area contributed by atoms with E-state index < -0.39 is 11.6 Å². The number of ether oxygens (including phenoxy) is 4. The Morgan fingerprint density at radius 1 is 0.947 bits per heavy atom. The molecule has 19 heavy (non-hydrogen) atoms. The van der Waals surface area contributed by atoms with E-state index in [1.807, 2.05) is 27.7 Å². The van der Waals surface area contributed by atoms with Crippen molar-refractivity contribution in [2.45, 2.75) is 70.1 Å². The summed E-state index contributed by atoms with van der Waals surface area (Å²) in [5, 5.41) is 3.04. The Balaban J connectivity index is 1.86. The van der Waals surface area contributed by atoms with Gasteiger partial charge < -0.3 is 18.9 Å². The van der Waals surface area contributed by atoms with Gasteiger partial charge >= 0.3 is 0 Å². The van der Waals surface area contributed by atoms with Crippen molar-refractivity contribution in [1.82, 2.24) is 0 Å². The van der Waals surface area contributed by atoms with Gasteiger partial charge in [0.15, 0.2) is 11.6 Å². The van der Waals surface area contributed by atoms with Crippen LogP contribution in [0.25, 0.3) is 0 Å². The highest BCUT2D eigenvalue weighted by Gasteiger charge is 2.59. The summed E-state index contributed by atoms with van der Waals surface area (Å²) < 4.78 is 23.8. The van der Waals surface area contributed by atoms with Gasteiger partial charge in [-0.1, -0.05) is 5.18 Å². The Hall–Kier alpha value is -0.560. The Morgan fingerprint density at radius 3 is 2.21 bits per heavy atom. The number of nitrogens with zero attached hydrogens (tertiary/aromatic N) is 1. The molecule has 0 aromatic rings. The molecule has 6 heteroatoms. The number of rotatable bonds is 2. The summed E-state index contributed by atoms with van der Waals surface area (Å²) in [7, 11) is 0. The lowest BCUT2D eigenvalue weighted by Crippen LogP contribution is -2.51. The van der Waals surface area contributed by atoms with E-state index in [2.05, 4.69) is 5.18 Å². The predicted molar refractivity (Wildman–Crippen MR) is 66.4 cm³/mol. The summed E-state index contributed by atoms with van der Waals surface area (Å²) in [6.07, 6.45) is 0.194. The van der Waals surface area contributed by atoms with Crippen molar-refractivity contribution in [3.8, 4) is 0 Å². The first-order chi connectivity index (χ1) is 8.81. The average Bonchev–Trinajstić information content (AvgIpc) is 2.74. The van der Waals surface area contributed by atoms with Gasteiger partial charge in [0.05, 0.1) is 18.8 Å². The van der Waals surface area contributed by atoms with Gasteiger partial charge in [-0.25, -0.2) is 0 Å². The molecule has 0 radical (unpaired) electrons. The molecular weight excluding hydrogens is 250 g/mol. The van der Waals surface area contributed by atoms with Crippen LogP contribution in [0.1, 0.15) is 34.1 Å². The first-order valence-electron chi connectivity index (χ1n) is 6.82. The highest BCUT2D eigenvalue weighted by Crippen LogP contribution is 2.46. The van der Waals surface area contributed by atoms with Gasteiger partial charge in [0.1, 0.15) is 12.2 Å². The highest BCUT2D eigenvalue weighted by molar-refractivity contribution is 5.03. The summed E-state index contributed by atoms with van der Waals surface area (Å²) in [6, 6.07) is 0. The minimum atomic E-state index is -0.651. The fourth-order valence-electron chi connectivity index (χ4n) is 3.47. The first kappa shape index (κ1) is 13.4. The summed E-state index contributed by atoms with van der Waals surface area (Å²) in [6.45, 7) is 7.79. The number of fused-ring (bicyclic) bond motifs is 3. The molecule has 3 rings (SSSR count). The molecule has 2 aliphatic heterocycles. The third-order valence-electron chi connectivity index (χ3n) is 4.02. The van der Waals surface area contributed by atoms with Crippen LogP contribution in [0.15, 0.2) is 5.18 Å². The second kappa shape index (κ2) is 4.22. The molecule has 0 spiro atoms. The van der Waals surface area contributed by atoms with Crippen LogP contribution in [-0.4, -0.2) is 42.5 Å². The number of hydrogen-bond acceptors (Lipinski definition) is 6. The van der Waals surface area contributed by atoms with Crippen LogP contribution in [0, 0.1) is 10.8 Å². The molecule has 3 aliphatic rings. The standard InChI is InChI=1S/C13H21NO5/c1-12(2)16-8-5-7(6-14-15)9-11(10(8)18-12)19-13(3,4)17-9/h7-11H,5-6H2,1-4H3/t7-,8+,9+,10+,11+/m0/s1. The fourth-order valence-corrected chi connectivity index (χ4v) is 3.47. The van der Waals surface area contributed by atoms with E-state index in [1.165, 1.54) is 0 Å². The molecule has 1 saturated carbocycles. The van der Waals surface area contributed by atoms with E-state index in [1.54, 1.807) is 0 Å². The molecule has 0 aromatic heterocycles. The summed E-state index contributed by atoms with van der Waals surface area (Å²) in [5.41, 5.74) is 0. The number of nitroso groups, excluding NO2 is 1. The molecule has 5 atom stereocenters. The van der Waals surface area contributed by atoms with E-state index in [0.29, 0.717) is 0 Å². The van der Waals surface area contributed by atoms with Crippen LogP contribution in [0.4, 0.5) is 0 Å². The molecule has 6 nitrogen and oxygen atoms in total. The third-order valence-corrected chi connectivity index (χ3v) is 4.02. The molecule has 0 unspecified atom stereocenters. The predicted octanol–water partition coefficient (Wildman–Crippen LogP) is 1.81. The van der Waals surface area contributed by atoms with Gasteiger partial charge in [-0.2, -0.15) is 4.91 Å². The molecule has 2 heterocycles. The van der Waals surface area contributed by atoms with Crippen molar-refractivity contribution < 1.29 is 18.9 Å². The lowest BCUT2D eigenvalue weighted by atomic mass is 9.81. The van der Waals surface area contributed by atoms with Gasteiger partial charge in [0.25, 0.3) is 0 Å². The van der Waals surface area contributed by atoms with E-state index in [0.717, 1.165) is 6.42 Å². The molecule has 0 bridgehead atoms. The lowest BCUT2D eigenvalue weighted by molar-refractivity contribution is -0.176. The molecular formula is C13H21NO5. The van der Waals surface area contributed by atoms with Crippen molar-refractivity contribution in [3.05, 3.63) is 4.91 Å². The van der Waals surface area contributed by atoms with Gasteiger partial charge in [0.2, 0.25) is 0 Å². The fraction of sp³-hybridized carbons (Fsp3) is 1.00.